The number of carboxylic acids is 1. The van der Waals surface area contributed by atoms with Gasteiger partial charge in [0.2, 0.25) is 0 Å². The van der Waals surface area contributed by atoms with Gasteiger partial charge in [0.05, 0.1) is 11.5 Å². The fraction of sp³-hybridized carbons (Fsp3) is 0.846. The third-order valence-electron chi connectivity index (χ3n) is 3.23. The average Bonchev–Trinajstić information content (AvgIpc) is 2.28. The first-order chi connectivity index (χ1) is 9.48. The minimum atomic E-state index is -2.98. The second kappa shape index (κ2) is 6.64. The Morgan fingerprint density at radius 3 is 2.24 bits per heavy atom. The van der Waals surface area contributed by atoms with E-state index in [4.69, 9.17) is 9.84 Å². The summed E-state index contributed by atoms with van der Waals surface area (Å²) in [5.41, 5.74) is -0.702. The Kier molecular flexibility index (Phi) is 5.61. The number of rotatable bonds is 4. The first-order valence-corrected chi connectivity index (χ1v) is 8.73. The second-order valence-corrected chi connectivity index (χ2v) is 8.67. The molecule has 0 aromatic heterocycles. The van der Waals surface area contributed by atoms with Gasteiger partial charge < -0.3 is 15.2 Å². The Hall–Kier alpha value is -1.31. The summed E-state index contributed by atoms with van der Waals surface area (Å²) in [6.07, 6.45) is 0.298. The van der Waals surface area contributed by atoms with E-state index in [2.05, 4.69) is 5.32 Å². The van der Waals surface area contributed by atoms with Gasteiger partial charge in [0.1, 0.15) is 21.5 Å². The number of carboxylic acid groups (broad SMARTS) is 1. The lowest BCUT2D eigenvalue weighted by Crippen LogP contribution is -2.45. The summed E-state index contributed by atoms with van der Waals surface area (Å²) in [4.78, 5) is 22.8. The standard InChI is InChI=1S/C13H23NO6S/c1-13(2,3)20-12(17)14-10(11(15)16)8-9-4-6-21(18,19)7-5-9/h9-10H,4-8H2,1-3H3,(H,14,17)(H,15,16)/t10-/m0/s1. The van der Waals surface area contributed by atoms with E-state index in [1.54, 1.807) is 20.8 Å². The Morgan fingerprint density at radius 2 is 1.81 bits per heavy atom. The van der Waals surface area contributed by atoms with Crippen LogP contribution >= 0.6 is 0 Å². The number of aliphatic carboxylic acids is 1. The van der Waals surface area contributed by atoms with Gasteiger partial charge in [-0.3, -0.25) is 0 Å². The second-order valence-electron chi connectivity index (χ2n) is 6.37. The van der Waals surface area contributed by atoms with Crippen LogP contribution in [-0.4, -0.2) is 48.7 Å². The molecule has 0 radical (unpaired) electrons. The molecule has 1 saturated heterocycles. The van der Waals surface area contributed by atoms with Gasteiger partial charge in [-0.05, 0) is 46.0 Å². The molecule has 0 unspecified atom stereocenters. The van der Waals surface area contributed by atoms with Crippen LogP contribution in [0.5, 0.6) is 0 Å². The van der Waals surface area contributed by atoms with Crippen LogP contribution in [0.3, 0.4) is 0 Å². The summed E-state index contributed by atoms with van der Waals surface area (Å²) < 4.78 is 27.7. The maximum absolute atomic E-state index is 11.6. The van der Waals surface area contributed by atoms with Gasteiger partial charge >= 0.3 is 12.1 Å². The van der Waals surface area contributed by atoms with E-state index in [0.29, 0.717) is 12.8 Å². The van der Waals surface area contributed by atoms with Crippen LogP contribution in [0.25, 0.3) is 0 Å². The van der Waals surface area contributed by atoms with E-state index >= 15 is 0 Å². The number of sulfone groups is 1. The van der Waals surface area contributed by atoms with Crippen LogP contribution in [0, 0.1) is 5.92 Å². The van der Waals surface area contributed by atoms with Gasteiger partial charge in [-0.25, -0.2) is 18.0 Å². The van der Waals surface area contributed by atoms with Crippen molar-refractivity contribution in [1.29, 1.82) is 0 Å². The van der Waals surface area contributed by atoms with E-state index < -0.39 is 33.5 Å². The lowest BCUT2D eigenvalue weighted by Gasteiger charge is -2.26. The number of amides is 1. The highest BCUT2D eigenvalue weighted by atomic mass is 32.2. The van der Waals surface area contributed by atoms with E-state index in [1.165, 1.54) is 0 Å². The summed E-state index contributed by atoms with van der Waals surface area (Å²) >= 11 is 0. The first kappa shape index (κ1) is 17.7. The van der Waals surface area contributed by atoms with E-state index in [0.717, 1.165) is 0 Å². The molecular formula is C13H23NO6S. The lowest BCUT2D eigenvalue weighted by atomic mass is 9.94. The summed E-state index contributed by atoms with van der Waals surface area (Å²) in [7, 11) is -2.98. The molecular weight excluding hydrogens is 298 g/mol. The summed E-state index contributed by atoms with van der Waals surface area (Å²) in [6, 6.07) is -1.06. The highest BCUT2D eigenvalue weighted by molar-refractivity contribution is 7.91. The first-order valence-electron chi connectivity index (χ1n) is 6.91. The summed E-state index contributed by atoms with van der Waals surface area (Å²) in [6.45, 7) is 5.07. The van der Waals surface area contributed by atoms with Crippen LogP contribution in [-0.2, 0) is 19.4 Å². The van der Waals surface area contributed by atoms with E-state index in [9.17, 15) is 18.0 Å². The maximum Gasteiger partial charge on any atom is 0.408 e. The zero-order valence-corrected chi connectivity index (χ0v) is 13.4. The van der Waals surface area contributed by atoms with Crippen LogP contribution < -0.4 is 5.32 Å². The van der Waals surface area contributed by atoms with Crippen molar-refractivity contribution in [3.63, 3.8) is 0 Å². The Labute approximate surface area is 125 Å². The Bertz CT molecular complexity index is 479. The van der Waals surface area contributed by atoms with Crippen molar-refractivity contribution < 1.29 is 27.9 Å². The minimum absolute atomic E-state index is 0.0236. The highest BCUT2D eigenvalue weighted by Gasteiger charge is 2.30. The van der Waals surface area contributed by atoms with Crippen molar-refractivity contribution in [1.82, 2.24) is 5.32 Å². The molecule has 0 aliphatic carbocycles. The Balaban J connectivity index is 2.55. The molecule has 1 aliphatic heterocycles. The predicted molar refractivity (Wildman–Crippen MR) is 76.8 cm³/mol. The predicted octanol–water partition coefficient (Wildman–Crippen LogP) is 1.18. The van der Waals surface area contributed by atoms with Gasteiger partial charge in [0, 0.05) is 0 Å². The number of hydrogen-bond donors (Lipinski definition) is 2. The summed E-state index contributed by atoms with van der Waals surface area (Å²) in [5, 5.41) is 11.5. The number of alkyl carbamates (subject to hydrolysis) is 1. The summed E-state index contributed by atoms with van der Waals surface area (Å²) in [5.74, 6) is -1.01. The third kappa shape index (κ3) is 6.79. The normalized spacial score (nSPS) is 20.5. The number of hydrogen-bond acceptors (Lipinski definition) is 5. The molecule has 7 nitrogen and oxygen atoms in total. The van der Waals surface area contributed by atoms with Gasteiger partial charge in [-0.15, -0.1) is 0 Å². The molecule has 1 amide bonds. The molecule has 8 heteroatoms. The van der Waals surface area contributed by atoms with E-state index in [1.807, 2.05) is 0 Å². The molecule has 2 N–H and O–H groups in total. The highest BCUT2D eigenvalue weighted by Crippen LogP contribution is 2.23. The molecule has 1 aliphatic rings. The number of nitrogens with one attached hydrogen (secondary N) is 1. The third-order valence-corrected chi connectivity index (χ3v) is 4.95. The van der Waals surface area contributed by atoms with Gasteiger partial charge in [0.25, 0.3) is 0 Å². The van der Waals surface area contributed by atoms with Crippen LogP contribution in [0.1, 0.15) is 40.0 Å². The molecule has 1 atom stereocenters. The number of carbonyl (C=O) groups excluding carboxylic acids is 1. The molecule has 0 saturated carbocycles. The SMILES string of the molecule is CC(C)(C)OC(=O)N[C@@H](CC1CCS(=O)(=O)CC1)C(=O)O. The van der Waals surface area contributed by atoms with Crippen LogP contribution in [0.15, 0.2) is 0 Å². The molecule has 0 spiro atoms. The van der Waals surface area contributed by atoms with Crippen molar-refractivity contribution in [3.05, 3.63) is 0 Å². The molecule has 0 bridgehead atoms. The van der Waals surface area contributed by atoms with Crippen molar-refractivity contribution in [2.45, 2.75) is 51.7 Å². The zero-order chi connectivity index (χ0) is 16.3. The lowest BCUT2D eigenvalue weighted by molar-refractivity contribution is -0.140. The Morgan fingerprint density at radius 1 is 1.29 bits per heavy atom. The molecule has 0 aromatic carbocycles. The molecule has 1 heterocycles. The fourth-order valence-electron chi connectivity index (χ4n) is 2.18. The van der Waals surface area contributed by atoms with Gasteiger partial charge in [-0.2, -0.15) is 0 Å². The van der Waals surface area contributed by atoms with Crippen molar-refractivity contribution in [2.75, 3.05) is 11.5 Å². The van der Waals surface area contributed by atoms with E-state index in [-0.39, 0.29) is 23.8 Å². The van der Waals surface area contributed by atoms with Crippen molar-refractivity contribution in [3.8, 4) is 0 Å². The minimum Gasteiger partial charge on any atom is -0.480 e. The molecule has 122 valence electrons. The average molecular weight is 321 g/mol. The molecule has 1 rings (SSSR count). The zero-order valence-electron chi connectivity index (χ0n) is 12.6. The topological polar surface area (TPSA) is 110 Å². The molecule has 0 aromatic rings. The molecule has 21 heavy (non-hydrogen) atoms. The fourth-order valence-corrected chi connectivity index (χ4v) is 3.77. The quantitative estimate of drug-likeness (QED) is 0.804. The number of carbonyl (C=O) groups is 2. The van der Waals surface area contributed by atoms with Crippen LogP contribution in [0.2, 0.25) is 0 Å². The smallest absolute Gasteiger partial charge is 0.408 e. The van der Waals surface area contributed by atoms with Gasteiger partial charge in [-0.1, -0.05) is 0 Å². The monoisotopic (exact) mass is 321 g/mol. The largest absolute Gasteiger partial charge is 0.480 e. The number of ether oxygens (including phenoxy) is 1. The van der Waals surface area contributed by atoms with Crippen molar-refractivity contribution >= 4 is 21.9 Å². The van der Waals surface area contributed by atoms with Crippen LogP contribution in [0.4, 0.5) is 4.79 Å². The van der Waals surface area contributed by atoms with Crippen molar-refractivity contribution in [2.24, 2.45) is 5.92 Å². The maximum atomic E-state index is 11.6. The van der Waals surface area contributed by atoms with Gasteiger partial charge in [0.15, 0.2) is 0 Å². The molecule has 1 fully saturated rings.